The van der Waals surface area contributed by atoms with Crippen molar-refractivity contribution in [2.75, 3.05) is 47.8 Å². The van der Waals surface area contributed by atoms with Gasteiger partial charge in [-0.05, 0) is 45.2 Å². The van der Waals surface area contributed by atoms with Crippen LogP contribution in [0.3, 0.4) is 0 Å². The molecule has 1 atom stereocenters. The molecule has 1 rings (SSSR count). The van der Waals surface area contributed by atoms with Gasteiger partial charge in [0.15, 0.2) is 5.96 Å². The van der Waals surface area contributed by atoms with Gasteiger partial charge in [0.25, 0.3) is 0 Å². The molecule has 6 nitrogen and oxygen atoms in total. The predicted octanol–water partition coefficient (Wildman–Crippen LogP) is 2.00. The summed E-state index contributed by atoms with van der Waals surface area (Å²) < 4.78 is 0. The number of guanidine groups is 1. The van der Waals surface area contributed by atoms with E-state index >= 15 is 0 Å². The van der Waals surface area contributed by atoms with Crippen molar-refractivity contribution in [3.05, 3.63) is 0 Å². The van der Waals surface area contributed by atoms with Crippen LogP contribution >= 0.6 is 24.0 Å². The lowest BCUT2D eigenvalue weighted by Gasteiger charge is -2.35. The van der Waals surface area contributed by atoms with Crippen molar-refractivity contribution in [2.24, 2.45) is 16.8 Å². The lowest BCUT2D eigenvalue weighted by Crippen LogP contribution is -2.49. The molecule has 1 aliphatic heterocycles. The Hall–Kier alpha value is -0.570. The highest BCUT2D eigenvalue weighted by Crippen LogP contribution is 2.20. The number of hydrogen-bond donors (Lipinski definition) is 2. The maximum atomic E-state index is 11.5. The number of rotatable bonds is 7. The van der Waals surface area contributed by atoms with Crippen molar-refractivity contribution in [3.8, 4) is 0 Å². The van der Waals surface area contributed by atoms with Gasteiger partial charge in [0, 0.05) is 46.2 Å². The highest BCUT2D eigenvalue weighted by atomic mass is 127. The summed E-state index contributed by atoms with van der Waals surface area (Å²) in [6.07, 6.45) is 3.92. The van der Waals surface area contributed by atoms with Gasteiger partial charge in [-0.1, -0.05) is 13.8 Å². The van der Waals surface area contributed by atoms with Crippen LogP contribution in [-0.2, 0) is 4.79 Å². The van der Waals surface area contributed by atoms with Crippen molar-refractivity contribution in [2.45, 2.75) is 45.6 Å². The van der Waals surface area contributed by atoms with Crippen LogP contribution in [0.1, 0.15) is 39.5 Å². The summed E-state index contributed by atoms with van der Waals surface area (Å²) in [5.41, 5.74) is 0. The normalized spacial score (nSPS) is 17.4. The fraction of sp³-hybridized carbons (Fsp3) is 0.889. The van der Waals surface area contributed by atoms with Crippen LogP contribution in [0.2, 0.25) is 0 Å². The summed E-state index contributed by atoms with van der Waals surface area (Å²) in [4.78, 5) is 20.6. The van der Waals surface area contributed by atoms with Gasteiger partial charge in [-0.15, -0.1) is 24.0 Å². The fourth-order valence-corrected chi connectivity index (χ4v) is 3.28. The van der Waals surface area contributed by atoms with Crippen LogP contribution in [0.25, 0.3) is 0 Å². The smallest absolute Gasteiger partial charge is 0.220 e. The first-order valence-electron chi connectivity index (χ1n) is 9.19. The first-order valence-corrected chi connectivity index (χ1v) is 9.19. The lowest BCUT2D eigenvalue weighted by molar-refractivity contribution is -0.121. The van der Waals surface area contributed by atoms with Crippen LogP contribution in [0.15, 0.2) is 4.99 Å². The molecule has 148 valence electrons. The number of carbonyl (C=O) groups excluding carboxylic acids is 1. The van der Waals surface area contributed by atoms with Crippen molar-refractivity contribution in [3.63, 3.8) is 0 Å². The average Bonchev–Trinajstić information content (AvgIpc) is 2.55. The monoisotopic (exact) mass is 467 g/mol. The Morgan fingerprint density at radius 2 is 1.88 bits per heavy atom. The second kappa shape index (κ2) is 12.7. The van der Waals surface area contributed by atoms with Crippen molar-refractivity contribution in [1.29, 1.82) is 0 Å². The van der Waals surface area contributed by atoms with E-state index in [1.165, 1.54) is 6.42 Å². The Morgan fingerprint density at radius 3 is 2.32 bits per heavy atom. The molecule has 1 saturated heterocycles. The maximum absolute atomic E-state index is 11.5. The molecule has 1 unspecified atom stereocenters. The molecule has 1 amide bonds. The highest BCUT2D eigenvalue weighted by Gasteiger charge is 2.23. The molecule has 1 aliphatic rings. The SMILES string of the molecule is CN=C(NCC(CC(C)C)N(C)C)N1CCC(CC(=O)NC)CC1.I. The molecule has 0 radical (unpaired) electrons. The van der Waals surface area contributed by atoms with Gasteiger partial charge < -0.3 is 20.4 Å². The fourth-order valence-electron chi connectivity index (χ4n) is 3.28. The third kappa shape index (κ3) is 9.08. The minimum absolute atomic E-state index is 0. The number of nitrogens with zero attached hydrogens (tertiary/aromatic N) is 3. The van der Waals surface area contributed by atoms with Gasteiger partial charge >= 0.3 is 0 Å². The largest absolute Gasteiger partial charge is 0.359 e. The number of amides is 1. The number of aliphatic imine (C=N–C) groups is 1. The van der Waals surface area contributed by atoms with Crippen molar-refractivity contribution < 1.29 is 4.79 Å². The van der Waals surface area contributed by atoms with Crippen LogP contribution < -0.4 is 10.6 Å². The molecule has 0 aromatic heterocycles. The zero-order valence-electron chi connectivity index (χ0n) is 16.8. The molecule has 2 N–H and O–H groups in total. The number of nitrogens with one attached hydrogen (secondary N) is 2. The molecular formula is C18H38IN5O. The topological polar surface area (TPSA) is 60.0 Å². The summed E-state index contributed by atoms with van der Waals surface area (Å²) in [7, 11) is 7.84. The summed E-state index contributed by atoms with van der Waals surface area (Å²) in [5.74, 6) is 2.32. The van der Waals surface area contributed by atoms with Crippen LogP contribution in [0, 0.1) is 11.8 Å². The number of hydrogen-bond acceptors (Lipinski definition) is 3. The van der Waals surface area contributed by atoms with E-state index in [9.17, 15) is 4.79 Å². The average molecular weight is 467 g/mol. The summed E-state index contributed by atoms with van der Waals surface area (Å²) in [6.45, 7) is 7.39. The first kappa shape index (κ1) is 24.4. The van der Waals surface area contributed by atoms with Crippen LogP contribution in [-0.4, -0.2) is 75.5 Å². The zero-order chi connectivity index (χ0) is 18.1. The molecule has 0 spiro atoms. The van der Waals surface area contributed by atoms with Gasteiger partial charge in [0.05, 0.1) is 0 Å². The Morgan fingerprint density at radius 1 is 1.28 bits per heavy atom. The summed E-state index contributed by atoms with van der Waals surface area (Å²) >= 11 is 0. The molecule has 0 aromatic rings. The second-order valence-corrected chi connectivity index (χ2v) is 7.48. The summed E-state index contributed by atoms with van der Waals surface area (Å²) in [6, 6.07) is 0.507. The van der Waals surface area contributed by atoms with Gasteiger partial charge in [0.1, 0.15) is 0 Å². The molecule has 25 heavy (non-hydrogen) atoms. The Kier molecular flexibility index (Phi) is 12.4. The van der Waals surface area contributed by atoms with Gasteiger partial charge in [0.2, 0.25) is 5.91 Å². The number of likely N-dealkylation sites (tertiary alicyclic amines) is 1. The van der Waals surface area contributed by atoms with Gasteiger partial charge in [-0.2, -0.15) is 0 Å². The van der Waals surface area contributed by atoms with E-state index in [4.69, 9.17) is 0 Å². The quantitative estimate of drug-likeness (QED) is 0.342. The lowest BCUT2D eigenvalue weighted by atomic mass is 9.93. The van der Waals surface area contributed by atoms with E-state index in [0.717, 1.165) is 38.4 Å². The van der Waals surface area contributed by atoms with Crippen molar-refractivity contribution >= 4 is 35.8 Å². The van der Waals surface area contributed by atoms with E-state index in [2.05, 4.69) is 53.4 Å². The predicted molar refractivity (Wildman–Crippen MR) is 117 cm³/mol. The minimum atomic E-state index is 0. The number of carbonyl (C=O) groups is 1. The summed E-state index contributed by atoms with van der Waals surface area (Å²) in [5, 5.41) is 6.27. The third-order valence-electron chi connectivity index (χ3n) is 4.85. The maximum Gasteiger partial charge on any atom is 0.220 e. The highest BCUT2D eigenvalue weighted by molar-refractivity contribution is 14.0. The number of piperidine rings is 1. The molecule has 0 bridgehead atoms. The zero-order valence-corrected chi connectivity index (χ0v) is 19.2. The molecule has 0 saturated carbocycles. The van der Waals surface area contributed by atoms with E-state index in [1.54, 1.807) is 7.05 Å². The van der Waals surface area contributed by atoms with E-state index < -0.39 is 0 Å². The van der Waals surface area contributed by atoms with E-state index in [1.807, 2.05) is 7.05 Å². The Balaban J connectivity index is 0.00000576. The molecular weight excluding hydrogens is 429 g/mol. The van der Waals surface area contributed by atoms with Gasteiger partial charge in [-0.3, -0.25) is 9.79 Å². The Labute approximate surface area is 171 Å². The number of halogens is 1. The van der Waals surface area contributed by atoms with Crippen LogP contribution in [0.5, 0.6) is 0 Å². The molecule has 0 aromatic carbocycles. The Bertz CT molecular complexity index is 406. The van der Waals surface area contributed by atoms with Crippen molar-refractivity contribution in [1.82, 2.24) is 20.4 Å². The molecule has 1 fully saturated rings. The standard InChI is InChI=1S/C18H37N5O.HI/c1-14(2)11-16(22(5)6)13-21-18(20-4)23-9-7-15(8-10-23)12-17(24)19-3;/h14-16H,7-13H2,1-6H3,(H,19,24)(H,20,21);1H. The first-order chi connectivity index (χ1) is 11.4. The number of likely N-dealkylation sites (N-methyl/N-ethyl adjacent to an activating group) is 1. The van der Waals surface area contributed by atoms with E-state index in [0.29, 0.717) is 24.3 Å². The third-order valence-corrected chi connectivity index (χ3v) is 4.85. The van der Waals surface area contributed by atoms with Gasteiger partial charge in [-0.25, -0.2) is 0 Å². The van der Waals surface area contributed by atoms with Crippen LogP contribution in [0.4, 0.5) is 0 Å². The molecule has 0 aliphatic carbocycles. The second-order valence-electron chi connectivity index (χ2n) is 7.48. The van der Waals surface area contributed by atoms with E-state index in [-0.39, 0.29) is 29.9 Å². The molecule has 7 heteroatoms. The minimum Gasteiger partial charge on any atom is -0.359 e. The molecule has 1 heterocycles.